The molecule has 1 aliphatic heterocycles. The van der Waals surface area contributed by atoms with E-state index in [1.54, 1.807) is 18.5 Å². The van der Waals surface area contributed by atoms with Crippen LogP contribution in [0.5, 0.6) is 0 Å². The zero-order chi connectivity index (χ0) is 15.9. The average Bonchev–Trinajstić information content (AvgIpc) is 2.55. The van der Waals surface area contributed by atoms with Crippen molar-refractivity contribution in [2.45, 2.75) is 38.5 Å². The molecule has 6 heteroatoms. The zero-order valence-electron chi connectivity index (χ0n) is 12.8. The standard InChI is InChI=1S/C16H22N2O4/c1-2-3-10-22-15(19)13-4-7-17-11-14(13)12-5-8-18(9-6-12)16(20)21/h4,7,11-12H,2-3,5-6,8-10H2,1H3,(H,20,21). The minimum absolute atomic E-state index is 0.151. The molecule has 6 nitrogen and oxygen atoms in total. The molecule has 1 aromatic heterocycles. The van der Waals surface area contributed by atoms with Crippen LogP contribution in [0.1, 0.15) is 54.4 Å². The van der Waals surface area contributed by atoms with Crippen LogP contribution < -0.4 is 0 Å². The molecule has 120 valence electrons. The van der Waals surface area contributed by atoms with Crippen molar-refractivity contribution in [3.63, 3.8) is 0 Å². The van der Waals surface area contributed by atoms with Gasteiger partial charge in [0.05, 0.1) is 12.2 Å². The van der Waals surface area contributed by atoms with Gasteiger partial charge in [-0.15, -0.1) is 0 Å². The van der Waals surface area contributed by atoms with E-state index in [0.29, 0.717) is 38.1 Å². The number of carboxylic acid groups (broad SMARTS) is 1. The number of hydrogen-bond acceptors (Lipinski definition) is 4. The summed E-state index contributed by atoms with van der Waals surface area (Å²) in [5.41, 5.74) is 1.42. The van der Waals surface area contributed by atoms with Crippen LogP contribution in [0.3, 0.4) is 0 Å². The maximum atomic E-state index is 12.2. The van der Waals surface area contributed by atoms with Gasteiger partial charge in [-0.1, -0.05) is 13.3 Å². The third kappa shape index (κ3) is 3.96. The van der Waals surface area contributed by atoms with Gasteiger partial charge in [0.15, 0.2) is 0 Å². The van der Waals surface area contributed by atoms with Crippen LogP contribution in [-0.4, -0.2) is 46.7 Å². The second-order valence-corrected chi connectivity index (χ2v) is 5.50. The van der Waals surface area contributed by atoms with Crippen LogP contribution in [0.15, 0.2) is 18.5 Å². The lowest BCUT2D eigenvalue weighted by Crippen LogP contribution is -2.37. The summed E-state index contributed by atoms with van der Waals surface area (Å²) in [5.74, 6) is -0.162. The number of nitrogens with zero attached hydrogens (tertiary/aromatic N) is 2. The minimum atomic E-state index is -0.885. The average molecular weight is 306 g/mol. The Labute approximate surface area is 130 Å². The van der Waals surface area contributed by atoms with Gasteiger partial charge >= 0.3 is 12.1 Å². The number of likely N-dealkylation sites (tertiary alicyclic amines) is 1. The van der Waals surface area contributed by atoms with Crippen LogP contribution in [0.25, 0.3) is 0 Å². The van der Waals surface area contributed by atoms with Crippen molar-refractivity contribution < 1.29 is 19.4 Å². The number of unbranched alkanes of at least 4 members (excludes halogenated alkanes) is 1. The lowest BCUT2D eigenvalue weighted by molar-refractivity contribution is 0.0496. The number of esters is 1. The number of ether oxygens (including phenoxy) is 1. The summed E-state index contributed by atoms with van der Waals surface area (Å²) in [6.45, 7) is 3.44. The van der Waals surface area contributed by atoms with Gasteiger partial charge in [0, 0.05) is 25.5 Å². The molecule has 0 spiro atoms. The first-order valence-corrected chi connectivity index (χ1v) is 7.72. The summed E-state index contributed by atoms with van der Waals surface area (Å²) in [6.07, 6.45) is 5.64. The van der Waals surface area contributed by atoms with Gasteiger partial charge in [-0.05, 0) is 36.8 Å². The van der Waals surface area contributed by atoms with Crippen molar-refractivity contribution in [3.05, 3.63) is 29.6 Å². The van der Waals surface area contributed by atoms with Crippen LogP contribution in [0, 0.1) is 0 Å². The summed E-state index contributed by atoms with van der Waals surface area (Å²) in [6, 6.07) is 1.69. The molecular weight excluding hydrogens is 284 g/mol. The summed E-state index contributed by atoms with van der Waals surface area (Å²) >= 11 is 0. The largest absolute Gasteiger partial charge is 0.465 e. The monoisotopic (exact) mass is 306 g/mol. The molecular formula is C16H22N2O4. The van der Waals surface area contributed by atoms with Crippen LogP contribution in [0.2, 0.25) is 0 Å². The topological polar surface area (TPSA) is 79.7 Å². The molecule has 0 aliphatic carbocycles. The molecule has 1 saturated heterocycles. The lowest BCUT2D eigenvalue weighted by atomic mass is 9.88. The third-order valence-corrected chi connectivity index (χ3v) is 4.01. The predicted octanol–water partition coefficient (Wildman–Crippen LogP) is 2.90. The Morgan fingerprint density at radius 2 is 2.14 bits per heavy atom. The molecule has 1 aromatic rings. The van der Waals surface area contributed by atoms with E-state index < -0.39 is 6.09 Å². The molecule has 0 aromatic carbocycles. The summed E-state index contributed by atoms with van der Waals surface area (Å²) < 4.78 is 5.29. The summed E-state index contributed by atoms with van der Waals surface area (Å²) in [5, 5.41) is 9.00. The molecule has 0 bridgehead atoms. The second kappa shape index (κ2) is 7.77. The van der Waals surface area contributed by atoms with E-state index >= 15 is 0 Å². The molecule has 0 unspecified atom stereocenters. The first-order chi connectivity index (χ1) is 10.6. The second-order valence-electron chi connectivity index (χ2n) is 5.50. The Kier molecular flexibility index (Phi) is 5.75. The third-order valence-electron chi connectivity index (χ3n) is 4.01. The minimum Gasteiger partial charge on any atom is -0.465 e. The van der Waals surface area contributed by atoms with E-state index in [1.807, 2.05) is 6.92 Å². The van der Waals surface area contributed by atoms with Gasteiger partial charge < -0.3 is 14.7 Å². The molecule has 2 heterocycles. The van der Waals surface area contributed by atoms with Crippen molar-refractivity contribution >= 4 is 12.1 Å². The molecule has 0 radical (unpaired) electrons. The maximum Gasteiger partial charge on any atom is 0.407 e. The quantitative estimate of drug-likeness (QED) is 0.668. The molecule has 1 amide bonds. The van der Waals surface area contributed by atoms with Gasteiger partial charge in [-0.3, -0.25) is 4.98 Å². The number of amides is 1. The Hall–Kier alpha value is -2.11. The van der Waals surface area contributed by atoms with Crippen molar-refractivity contribution in [2.75, 3.05) is 19.7 Å². The van der Waals surface area contributed by atoms with Gasteiger partial charge in [-0.25, -0.2) is 9.59 Å². The Balaban J connectivity index is 2.05. The van der Waals surface area contributed by atoms with Gasteiger partial charge in [0.25, 0.3) is 0 Å². The molecule has 22 heavy (non-hydrogen) atoms. The SMILES string of the molecule is CCCCOC(=O)c1ccncc1C1CCN(C(=O)O)CC1. The van der Waals surface area contributed by atoms with Crippen LogP contribution >= 0.6 is 0 Å². The fraction of sp³-hybridized carbons (Fsp3) is 0.562. The fourth-order valence-electron chi connectivity index (χ4n) is 2.69. The van der Waals surface area contributed by atoms with Crippen molar-refractivity contribution in [3.8, 4) is 0 Å². The predicted molar refractivity (Wildman–Crippen MR) is 81.0 cm³/mol. The highest BCUT2D eigenvalue weighted by molar-refractivity contribution is 5.91. The van der Waals surface area contributed by atoms with Gasteiger partial charge in [-0.2, -0.15) is 0 Å². The Morgan fingerprint density at radius 3 is 2.77 bits per heavy atom. The highest BCUT2D eigenvalue weighted by Gasteiger charge is 2.26. The van der Waals surface area contributed by atoms with Crippen molar-refractivity contribution in [1.29, 1.82) is 0 Å². The van der Waals surface area contributed by atoms with E-state index in [2.05, 4.69) is 4.98 Å². The Morgan fingerprint density at radius 1 is 1.41 bits per heavy atom. The van der Waals surface area contributed by atoms with E-state index in [9.17, 15) is 9.59 Å². The van der Waals surface area contributed by atoms with E-state index in [4.69, 9.17) is 9.84 Å². The smallest absolute Gasteiger partial charge is 0.407 e. The number of aromatic nitrogens is 1. The lowest BCUT2D eigenvalue weighted by Gasteiger charge is -2.30. The molecule has 2 rings (SSSR count). The Bertz CT molecular complexity index is 525. The van der Waals surface area contributed by atoms with Crippen molar-refractivity contribution in [2.24, 2.45) is 0 Å². The number of hydrogen-bond donors (Lipinski definition) is 1. The zero-order valence-corrected chi connectivity index (χ0v) is 12.8. The van der Waals surface area contributed by atoms with E-state index in [0.717, 1.165) is 18.4 Å². The van der Waals surface area contributed by atoms with Crippen molar-refractivity contribution in [1.82, 2.24) is 9.88 Å². The van der Waals surface area contributed by atoms with E-state index in [1.165, 1.54) is 4.90 Å². The number of rotatable bonds is 5. The normalized spacial score (nSPS) is 15.6. The molecule has 1 N–H and O–H groups in total. The van der Waals surface area contributed by atoms with E-state index in [-0.39, 0.29) is 11.9 Å². The van der Waals surface area contributed by atoms with Gasteiger partial charge in [0.2, 0.25) is 0 Å². The number of piperidine rings is 1. The highest BCUT2D eigenvalue weighted by Crippen LogP contribution is 2.30. The molecule has 0 atom stereocenters. The first-order valence-electron chi connectivity index (χ1n) is 7.72. The fourth-order valence-corrected chi connectivity index (χ4v) is 2.69. The molecule has 0 saturated carbocycles. The number of carbonyl (C=O) groups is 2. The summed E-state index contributed by atoms with van der Waals surface area (Å²) in [7, 11) is 0. The highest BCUT2D eigenvalue weighted by atomic mass is 16.5. The maximum absolute atomic E-state index is 12.2. The van der Waals surface area contributed by atoms with Crippen LogP contribution in [0.4, 0.5) is 4.79 Å². The summed E-state index contributed by atoms with van der Waals surface area (Å²) in [4.78, 5) is 28.7. The number of carbonyl (C=O) groups excluding carboxylic acids is 1. The first kappa shape index (κ1) is 16.3. The van der Waals surface area contributed by atoms with Crippen LogP contribution in [-0.2, 0) is 4.74 Å². The molecule has 1 fully saturated rings. The van der Waals surface area contributed by atoms with Gasteiger partial charge in [0.1, 0.15) is 0 Å². The number of pyridine rings is 1. The molecule has 1 aliphatic rings.